The van der Waals surface area contributed by atoms with Gasteiger partial charge in [0, 0.05) is 24.8 Å². The zero-order valence-corrected chi connectivity index (χ0v) is 12.7. The van der Waals surface area contributed by atoms with Crippen LogP contribution in [0.5, 0.6) is 5.75 Å². The highest BCUT2D eigenvalue weighted by Crippen LogP contribution is 2.23. The summed E-state index contributed by atoms with van der Waals surface area (Å²) in [6, 6.07) is 7.69. The molecule has 0 radical (unpaired) electrons. The Morgan fingerprint density at radius 3 is 2.59 bits per heavy atom. The van der Waals surface area contributed by atoms with E-state index in [1.807, 2.05) is 47.0 Å². The minimum Gasteiger partial charge on any atom is -0.494 e. The van der Waals surface area contributed by atoms with Crippen molar-refractivity contribution in [1.29, 1.82) is 0 Å². The Kier molecular flexibility index (Phi) is 4.37. The first-order chi connectivity index (χ1) is 10.8. The predicted molar refractivity (Wildman–Crippen MR) is 81.8 cm³/mol. The number of aromatic nitrogens is 3. The van der Waals surface area contributed by atoms with Gasteiger partial charge in [-0.25, -0.2) is 4.68 Å². The van der Waals surface area contributed by atoms with Crippen LogP contribution in [0, 0.1) is 0 Å². The summed E-state index contributed by atoms with van der Waals surface area (Å²) in [6.07, 6.45) is 5.39. The van der Waals surface area contributed by atoms with Crippen molar-refractivity contribution in [1.82, 2.24) is 19.9 Å². The lowest BCUT2D eigenvalue weighted by atomic mass is 10.0. The van der Waals surface area contributed by atoms with E-state index in [1.54, 1.807) is 6.20 Å². The maximum Gasteiger partial charge on any atom is 0.253 e. The van der Waals surface area contributed by atoms with Gasteiger partial charge in [-0.2, -0.15) is 0 Å². The molecule has 1 fully saturated rings. The molecule has 0 atom stereocenters. The second kappa shape index (κ2) is 6.60. The molecule has 6 heteroatoms. The first-order valence-electron chi connectivity index (χ1n) is 7.66. The minimum atomic E-state index is 0.0834. The molecule has 1 saturated heterocycles. The predicted octanol–water partition coefficient (Wildman–Crippen LogP) is 2.15. The Balaban J connectivity index is 1.59. The van der Waals surface area contributed by atoms with E-state index in [0.717, 1.165) is 31.7 Å². The zero-order chi connectivity index (χ0) is 15.4. The van der Waals surface area contributed by atoms with Crippen LogP contribution in [0.2, 0.25) is 0 Å². The molecule has 1 aliphatic rings. The zero-order valence-electron chi connectivity index (χ0n) is 12.7. The standard InChI is InChI=1S/C16H20N4O2/c1-2-22-15-5-3-13(4-6-15)16(21)19-10-7-14(8-11-19)20-12-9-17-18-20/h3-6,9,12,14H,2,7-8,10-11H2,1H3. The second-order valence-corrected chi connectivity index (χ2v) is 5.36. The molecule has 22 heavy (non-hydrogen) atoms. The molecule has 1 aromatic carbocycles. The van der Waals surface area contributed by atoms with E-state index in [-0.39, 0.29) is 5.91 Å². The molecule has 0 bridgehead atoms. The van der Waals surface area contributed by atoms with Gasteiger partial charge in [0.05, 0.1) is 18.8 Å². The highest BCUT2D eigenvalue weighted by molar-refractivity contribution is 5.94. The number of likely N-dealkylation sites (tertiary alicyclic amines) is 1. The van der Waals surface area contributed by atoms with Crippen LogP contribution in [-0.2, 0) is 0 Å². The third kappa shape index (κ3) is 3.10. The molecule has 0 spiro atoms. The molecule has 0 aliphatic carbocycles. The average molecular weight is 300 g/mol. The highest BCUT2D eigenvalue weighted by Gasteiger charge is 2.24. The van der Waals surface area contributed by atoms with Crippen molar-refractivity contribution < 1.29 is 9.53 Å². The van der Waals surface area contributed by atoms with Gasteiger partial charge in [-0.15, -0.1) is 5.10 Å². The van der Waals surface area contributed by atoms with E-state index < -0.39 is 0 Å². The Hall–Kier alpha value is -2.37. The number of ether oxygens (including phenoxy) is 1. The third-order valence-electron chi connectivity index (χ3n) is 3.98. The van der Waals surface area contributed by atoms with Crippen LogP contribution in [0.1, 0.15) is 36.2 Å². The quantitative estimate of drug-likeness (QED) is 0.868. The van der Waals surface area contributed by atoms with Gasteiger partial charge >= 0.3 is 0 Å². The van der Waals surface area contributed by atoms with Crippen molar-refractivity contribution in [2.45, 2.75) is 25.8 Å². The summed E-state index contributed by atoms with van der Waals surface area (Å²) in [6.45, 7) is 4.06. The molecule has 0 N–H and O–H groups in total. The number of amides is 1. The molecule has 2 aromatic rings. The van der Waals surface area contributed by atoms with E-state index in [9.17, 15) is 4.79 Å². The number of nitrogens with zero attached hydrogens (tertiary/aromatic N) is 4. The van der Waals surface area contributed by atoms with Crippen molar-refractivity contribution in [3.8, 4) is 5.75 Å². The fourth-order valence-electron chi connectivity index (χ4n) is 2.79. The van der Waals surface area contributed by atoms with Crippen LogP contribution in [0.4, 0.5) is 0 Å². The van der Waals surface area contributed by atoms with Gasteiger partial charge in [-0.3, -0.25) is 4.79 Å². The van der Waals surface area contributed by atoms with E-state index >= 15 is 0 Å². The SMILES string of the molecule is CCOc1ccc(C(=O)N2CCC(n3ccnn3)CC2)cc1. The molecular formula is C16H20N4O2. The third-order valence-corrected chi connectivity index (χ3v) is 3.98. The molecule has 116 valence electrons. The maximum absolute atomic E-state index is 12.5. The Bertz CT molecular complexity index is 602. The maximum atomic E-state index is 12.5. The van der Waals surface area contributed by atoms with Gasteiger partial charge in [0.2, 0.25) is 0 Å². The largest absolute Gasteiger partial charge is 0.494 e. The van der Waals surface area contributed by atoms with Gasteiger partial charge in [-0.05, 0) is 44.0 Å². The smallest absolute Gasteiger partial charge is 0.253 e. The summed E-state index contributed by atoms with van der Waals surface area (Å²) in [5, 5.41) is 7.89. The van der Waals surface area contributed by atoms with E-state index in [4.69, 9.17) is 4.74 Å². The van der Waals surface area contributed by atoms with Crippen molar-refractivity contribution in [2.24, 2.45) is 0 Å². The van der Waals surface area contributed by atoms with Gasteiger partial charge in [0.1, 0.15) is 5.75 Å². The van der Waals surface area contributed by atoms with E-state index in [0.29, 0.717) is 18.2 Å². The van der Waals surface area contributed by atoms with Gasteiger partial charge < -0.3 is 9.64 Å². The first-order valence-corrected chi connectivity index (χ1v) is 7.66. The summed E-state index contributed by atoms with van der Waals surface area (Å²) in [7, 11) is 0. The number of rotatable bonds is 4. The number of piperidine rings is 1. The summed E-state index contributed by atoms with van der Waals surface area (Å²) < 4.78 is 7.29. The molecule has 1 aliphatic heterocycles. The van der Waals surface area contributed by atoms with Crippen LogP contribution < -0.4 is 4.74 Å². The summed E-state index contributed by atoms with van der Waals surface area (Å²) in [5.41, 5.74) is 0.711. The summed E-state index contributed by atoms with van der Waals surface area (Å²) in [4.78, 5) is 14.4. The van der Waals surface area contributed by atoms with Crippen molar-refractivity contribution in [3.63, 3.8) is 0 Å². The Labute approximate surface area is 129 Å². The van der Waals surface area contributed by atoms with Crippen molar-refractivity contribution >= 4 is 5.91 Å². The Morgan fingerprint density at radius 1 is 1.27 bits per heavy atom. The number of hydrogen-bond donors (Lipinski definition) is 0. The average Bonchev–Trinajstić information content (AvgIpc) is 3.10. The molecule has 1 aromatic heterocycles. The van der Waals surface area contributed by atoms with Crippen LogP contribution in [0.25, 0.3) is 0 Å². The molecule has 2 heterocycles. The topological polar surface area (TPSA) is 60.2 Å². The van der Waals surface area contributed by atoms with Crippen LogP contribution in [-0.4, -0.2) is 45.5 Å². The van der Waals surface area contributed by atoms with Crippen molar-refractivity contribution in [2.75, 3.05) is 19.7 Å². The van der Waals surface area contributed by atoms with Gasteiger partial charge in [0.15, 0.2) is 0 Å². The van der Waals surface area contributed by atoms with Gasteiger partial charge in [-0.1, -0.05) is 5.21 Å². The summed E-state index contributed by atoms with van der Waals surface area (Å²) >= 11 is 0. The normalized spacial score (nSPS) is 15.8. The van der Waals surface area contributed by atoms with Crippen molar-refractivity contribution in [3.05, 3.63) is 42.2 Å². The molecular weight excluding hydrogens is 280 g/mol. The van der Waals surface area contributed by atoms with Crippen LogP contribution in [0.15, 0.2) is 36.7 Å². The molecule has 6 nitrogen and oxygen atoms in total. The molecule has 0 unspecified atom stereocenters. The number of carbonyl (C=O) groups excluding carboxylic acids is 1. The fourth-order valence-corrected chi connectivity index (χ4v) is 2.79. The lowest BCUT2D eigenvalue weighted by Crippen LogP contribution is -2.39. The van der Waals surface area contributed by atoms with Crippen LogP contribution in [0.3, 0.4) is 0 Å². The van der Waals surface area contributed by atoms with Gasteiger partial charge in [0.25, 0.3) is 5.91 Å². The monoisotopic (exact) mass is 300 g/mol. The number of benzene rings is 1. The van der Waals surface area contributed by atoms with Crippen LogP contribution >= 0.6 is 0 Å². The summed E-state index contributed by atoms with van der Waals surface area (Å²) in [5.74, 6) is 0.879. The highest BCUT2D eigenvalue weighted by atomic mass is 16.5. The molecule has 0 saturated carbocycles. The number of hydrogen-bond acceptors (Lipinski definition) is 4. The number of carbonyl (C=O) groups is 1. The Morgan fingerprint density at radius 2 is 2.00 bits per heavy atom. The van der Waals surface area contributed by atoms with E-state index in [1.165, 1.54) is 0 Å². The minimum absolute atomic E-state index is 0.0834. The molecule has 1 amide bonds. The lowest BCUT2D eigenvalue weighted by molar-refractivity contribution is 0.0689. The second-order valence-electron chi connectivity index (χ2n) is 5.36. The first kappa shape index (κ1) is 14.6. The fraction of sp³-hybridized carbons (Fsp3) is 0.438. The van der Waals surface area contributed by atoms with E-state index in [2.05, 4.69) is 10.3 Å². The molecule has 3 rings (SSSR count). The lowest BCUT2D eigenvalue weighted by Gasteiger charge is -2.31.